The first kappa shape index (κ1) is 21.4. The number of anilines is 1. The van der Waals surface area contributed by atoms with E-state index in [2.05, 4.69) is 15.5 Å². The van der Waals surface area contributed by atoms with Gasteiger partial charge in [0.05, 0.1) is 28.3 Å². The molecule has 0 aliphatic carbocycles. The van der Waals surface area contributed by atoms with Crippen LogP contribution in [0.15, 0.2) is 40.9 Å². The van der Waals surface area contributed by atoms with E-state index in [1.807, 2.05) is 0 Å². The third kappa shape index (κ3) is 4.64. The summed E-state index contributed by atoms with van der Waals surface area (Å²) in [6.45, 7) is 0. The number of rotatable bonds is 5. The molecule has 3 rings (SSSR count). The van der Waals surface area contributed by atoms with Gasteiger partial charge in [-0.2, -0.15) is 4.98 Å². The Hall–Kier alpha value is -2.32. The van der Waals surface area contributed by atoms with E-state index in [1.54, 1.807) is 24.3 Å². The Morgan fingerprint density at radius 3 is 2.41 bits per heavy atom. The van der Waals surface area contributed by atoms with E-state index in [1.165, 1.54) is 19.2 Å². The Morgan fingerprint density at radius 1 is 1.10 bits per heavy atom. The number of halogens is 4. The maximum atomic E-state index is 11.8. The van der Waals surface area contributed by atoms with Gasteiger partial charge >= 0.3 is 5.97 Å². The van der Waals surface area contributed by atoms with Crippen molar-refractivity contribution in [2.45, 2.75) is 4.84 Å². The quantitative estimate of drug-likeness (QED) is 0.401. The lowest BCUT2D eigenvalue weighted by Gasteiger charge is -2.07. The van der Waals surface area contributed by atoms with E-state index in [0.717, 1.165) is 0 Å². The summed E-state index contributed by atoms with van der Waals surface area (Å²) < 4.78 is 9.97. The summed E-state index contributed by atoms with van der Waals surface area (Å²) in [7, 11) is 1.24. The summed E-state index contributed by atoms with van der Waals surface area (Å²) in [6, 6.07) is 9.49. The van der Waals surface area contributed by atoms with E-state index in [-0.39, 0.29) is 32.9 Å². The van der Waals surface area contributed by atoms with E-state index in [0.29, 0.717) is 11.3 Å². The van der Waals surface area contributed by atoms with Gasteiger partial charge in [-0.3, -0.25) is 4.79 Å². The van der Waals surface area contributed by atoms with Gasteiger partial charge in [0.15, 0.2) is 4.84 Å². The van der Waals surface area contributed by atoms with Crippen LogP contribution in [0.4, 0.5) is 5.69 Å². The zero-order chi connectivity index (χ0) is 21.1. The molecule has 0 saturated heterocycles. The highest BCUT2D eigenvalue weighted by Gasteiger charge is 2.22. The highest BCUT2D eigenvalue weighted by Crippen LogP contribution is 2.37. The molecule has 0 atom stereocenters. The first-order valence-corrected chi connectivity index (χ1v) is 9.54. The van der Waals surface area contributed by atoms with Gasteiger partial charge < -0.3 is 14.6 Å². The molecule has 0 aliphatic rings. The molecule has 0 spiro atoms. The number of amides is 1. The molecule has 11 heteroatoms. The summed E-state index contributed by atoms with van der Waals surface area (Å²) in [5, 5.41) is 6.72. The highest BCUT2D eigenvalue weighted by atomic mass is 35.5. The minimum Gasteiger partial charge on any atom is -0.465 e. The number of esters is 1. The first-order valence-electron chi connectivity index (χ1n) is 7.91. The van der Waals surface area contributed by atoms with Crippen molar-refractivity contribution >= 4 is 64.0 Å². The number of nitrogens with one attached hydrogen (secondary N) is 1. The number of carbonyl (C=O) groups excluding carboxylic acids is 2. The van der Waals surface area contributed by atoms with Crippen LogP contribution in [0.25, 0.3) is 22.8 Å². The molecule has 29 heavy (non-hydrogen) atoms. The average molecular weight is 475 g/mol. The molecule has 0 aliphatic heterocycles. The largest absolute Gasteiger partial charge is 0.465 e. The highest BCUT2D eigenvalue weighted by molar-refractivity contribution is 6.54. The number of ether oxygens (including phenoxy) is 1. The minimum absolute atomic E-state index is 0.0326. The van der Waals surface area contributed by atoms with Gasteiger partial charge in [0.25, 0.3) is 11.8 Å². The van der Waals surface area contributed by atoms with Crippen LogP contribution in [0.1, 0.15) is 10.4 Å². The second-order valence-electron chi connectivity index (χ2n) is 5.57. The van der Waals surface area contributed by atoms with Crippen LogP contribution in [0.3, 0.4) is 0 Å². The topological polar surface area (TPSA) is 94.3 Å². The lowest BCUT2D eigenvalue weighted by atomic mass is 10.1. The number of benzene rings is 2. The van der Waals surface area contributed by atoms with Gasteiger partial charge in [0.2, 0.25) is 5.82 Å². The summed E-state index contributed by atoms with van der Waals surface area (Å²) in [6.07, 6.45) is 0. The molecule has 1 heterocycles. The zero-order valence-corrected chi connectivity index (χ0v) is 17.6. The lowest BCUT2D eigenvalue weighted by molar-refractivity contribution is -0.114. The Morgan fingerprint density at radius 2 is 1.79 bits per heavy atom. The zero-order valence-electron chi connectivity index (χ0n) is 14.6. The summed E-state index contributed by atoms with van der Waals surface area (Å²) >= 11 is 23.5. The van der Waals surface area contributed by atoms with Crippen molar-refractivity contribution in [2.75, 3.05) is 12.4 Å². The van der Waals surface area contributed by atoms with Gasteiger partial charge in [-0.05, 0) is 36.4 Å². The summed E-state index contributed by atoms with van der Waals surface area (Å²) in [5.74, 6) is -0.884. The van der Waals surface area contributed by atoms with Crippen molar-refractivity contribution in [3.8, 4) is 22.8 Å². The molecule has 1 aromatic heterocycles. The van der Waals surface area contributed by atoms with Crippen LogP contribution in [-0.4, -0.2) is 34.0 Å². The van der Waals surface area contributed by atoms with Crippen LogP contribution in [-0.2, 0) is 9.53 Å². The molecule has 0 saturated carbocycles. The Balaban J connectivity index is 1.90. The van der Waals surface area contributed by atoms with E-state index in [4.69, 9.17) is 55.7 Å². The Kier molecular flexibility index (Phi) is 6.64. The van der Waals surface area contributed by atoms with Crippen LogP contribution >= 0.6 is 46.4 Å². The fraction of sp³-hybridized carbons (Fsp3) is 0.111. The van der Waals surface area contributed by atoms with Gasteiger partial charge in [-0.15, -0.1) is 0 Å². The monoisotopic (exact) mass is 473 g/mol. The minimum atomic E-state index is -1.18. The van der Waals surface area contributed by atoms with Gasteiger partial charge in [0, 0.05) is 11.3 Å². The molecule has 1 N–H and O–H groups in total. The molecule has 0 bridgehead atoms. The van der Waals surface area contributed by atoms with Crippen LogP contribution in [0.5, 0.6) is 0 Å². The van der Waals surface area contributed by atoms with Gasteiger partial charge in [-0.25, -0.2) is 4.79 Å². The normalized spacial score (nSPS) is 10.8. The standard InChI is InChI=1S/C18H11Cl4N3O4/c1-28-18(27)10-6-7-11(19)12(13(10)20)17-24-15(25-29-17)8-2-4-9(5-3-8)23-16(26)14(21)22/h2-7,14H,1H3,(H,23,26). The molecule has 7 nitrogen and oxygen atoms in total. The fourth-order valence-corrected chi connectivity index (χ4v) is 3.08. The van der Waals surface area contributed by atoms with E-state index >= 15 is 0 Å². The fourth-order valence-electron chi connectivity index (χ4n) is 2.36. The van der Waals surface area contributed by atoms with Crippen LogP contribution < -0.4 is 5.32 Å². The van der Waals surface area contributed by atoms with Crippen LogP contribution in [0.2, 0.25) is 10.0 Å². The Bertz CT molecular complexity index is 1070. The number of carbonyl (C=O) groups is 2. The predicted molar refractivity (Wildman–Crippen MR) is 111 cm³/mol. The molecule has 150 valence electrons. The van der Waals surface area contributed by atoms with Crippen molar-refractivity contribution in [3.05, 3.63) is 52.0 Å². The Labute approximate surface area is 184 Å². The molecular formula is C18H11Cl4N3O4. The number of methoxy groups -OCH3 is 1. The number of alkyl halides is 2. The molecule has 1 amide bonds. The predicted octanol–water partition coefficient (Wildman–Crippen LogP) is 5.24. The van der Waals surface area contributed by atoms with Gasteiger partial charge in [0.1, 0.15) is 0 Å². The molecular weight excluding hydrogens is 464 g/mol. The third-order valence-electron chi connectivity index (χ3n) is 3.75. The van der Waals surface area contributed by atoms with Crippen molar-refractivity contribution in [1.82, 2.24) is 10.1 Å². The maximum Gasteiger partial charge on any atom is 0.339 e. The molecule has 0 unspecified atom stereocenters. The number of hydrogen-bond acceptors (Lipinski definition) is 6. The van der Waals surface area contributed by atoms with Gasteiger partial charge in [-0.1, -0.05) is 51.6 Å². The molecule has 0 radical (unpaired) electrons. The second kappa shape index (κ2) is 9.00. The molecule has 2 aromatic carbocycles. The molecule has 0 fully saturated rings. The average Bonchev–Trinajstić information content (AvgIpc) is 3.17. The molecule has 3 aromatic rings. The third-order valence-corrected chi connectivity index (χ3v) is 4.85. The lowest BCUT2D eigenvalue weighted by Crippen LogP contribution is -2.18. The first-order chi connectivity index (χ1) is 13.8. The SMILES string of the molecule is COC(=O)c1ccc(Cl)c(-c2nc(-c3ccc(NC(=O)C(Cl)Cl)cc3)no2)c1Cl. The maximum absolute atomic E-state index is 11.8. The summed E-state index contributed by atoms with van der Waals surface area (Å²) in [5.41, 5.74) is 1.42. The number of hydrogen-bond donors (Lipinski definition) is 1. The van der Waals surface area contributed by atoms with E-state index < -0.39 is 16.7 Å². The number of aromatic nitrogens is 2. The smallest absolute Gasteiger partial charge is 0.339 e. The van der Waals surface area contributed by atoms with Crippen LogP contribution in [0, 0.1) is 0 Å². The van der Waals surface area contributed by atoms with Crippen molar-refractivity contribution in [2.24, 2.45) is 0 Å². The van der Waals surface area contributed by atoms with Crippen molar-refractivity contribution < 1.29 is 18.8 Å². The second-order valence-corrected chi connectivity index (χ2v) is 7.45. The summed E-state index contributed by atoms with van der Waals surface area (Å²) in [4.78, 5) is 26.5. The van der Waals surface area contributed by atoms with Crippen molar-refractivity contribution in [1.29, 1.82) is 0 Å². The van der Waals surface area contributed by atoms with E-state index in [9.17, 15) is 9.59 Å². The van der Waals surface area contributed by atoms with Crippen molar-refractivity contribution in [3.63, 3.8) is 0 Å². The number of nitrogens with zero attached hydrogens (tertiary/aromatic N) is 2.